The largest absolute Gasteiger partial charge is 2.00 e. The summed E-state index contributed by atoms with van der Waals surface area (Å²) < 4.78 is 0. The molecular weight excluding hydrogens is 339 g/mol. The molecule has 0 amide bonds. The van der Waals surface area contributed by atoms with Gasteiger partial charge in [-0.3, -0.25) is 0 Å². The minimum Gasteiger partial charge on any atom is -1.00 e. The molecule has 0 radical (unpaired) electrons. The maximum Gasteiger partial charge on any atom is 2.00 e. The monoisotopic (exact) mass is 344 g/mol. The fraction of sp³-hybridized carbons (Fsp3) is 0. The Morgan fingerprint density at radius 1 is 1.25 bits per heavy atom. The maximum atomic E-state index is 0. The molecule has 0 unspecified atom stereocenters. The van der Waals surface area contributed by atoms with Gasteiger partial charge in [-0.25, -0.2) is 0 Å². The third-order valence-corrected chi connectivity index (χ3v) is 0. The Morgan fingerprint density at radius 2 is 1.25 bits per heavy atom. The third kappa shape index (κ3) is 9.11. The van der Waals surface area contributed by atoms with Gasteiger partial charge in [0.1, 0.15) is 0 Å². The molecule has 0 aliphatic carbocycles. The molecule has 0 saturated heterocycles. The van der Waals surface area contributed by atoms with E-state index in [4.69, 9.17) is 0 Å². The van der Waals surface area contributed by atoms with Crippen molar-refractivity contribution in [1.29, 1.82) is 0 Å². The van der Waals surface area contributed by atoms with Gasteiger partial charge in [-0.15, -0.1) is 0 Å². The van der Waals surface area contributed by atoms with Crippen molar-refractivity contribution < 1.29 is 25.2 Å². The Balaban J connectivity index is 0. The molecule has 4 heteroatoms. The number of hydrogen-bond acceptors (Lipinski definition) is 0. The molecule has 0 nitrogen and oxygen atoms in total. The van der Waals surface area contributed by atoms with E-state index < -0.39 is 0 Å². The first-order valence-electron chi connectivity index (χ1n) is 0. The van der Waals surface area contributed by atoms with Crippen molar-refractivity contribution in [2.45, 2.75) is 0 Å². The molecule has 0 saturated carbocycles. The predicted molar refractivity (Wildman–Crippen MR) is 25.9 cm³/mol. The van der Waals surface area contributed by atoms with Crippen LogP contribution in [0, 0.1) is 0 Å². The fourth-order valence-electron chi connectivity index (χ4n) is 0. The summed E-state index contributed by atoms with van der Waals surface area (Å²) in [6.07, 6.45) is 0. The predicted octanol–water partition coefficient (Wildman–Crippen LogP) is -1.50. The summed E-state index contributed by atoms with van der Waals surface area (Å²) in [4.78, 5) is 0. The molecule has 0 fully saturated rings. The molecule has 0 rings (SSSR count). The average Bonchev–Trinajstić information content (AvgIpc) is 0. The van der Waals surface area contributed by atoms with E-state index in [1.807, 2.05) is 0 Å². The van der Waals surface area contributed by atoms with E-state index in [0.29, 0.717) is 0 Å². The van der Waals surface area contributed by atoms with Crippen molar-refractivity contribution in [2.24, 2.45) is 0 Å². The van der Waals surface area contributed by atoms with Crippen LogP contribution in [0.2, 0.25) is 0 Å². The molecular formula is H7BiCaMgZn. The quantitative estimate of drug-likeness (QED) is 0.469. The van der Waals surface area contributed by atoms with Crippen molar-refractivity contribution in [3.8, 4) is 0 Å². The van der Waals surface area contributed by atoms with Crippen molar-refractivity contribution in [3.63, 3.8) is 0 Å². The van der Waals surface area contributed by atoms with Crippen molar-refractivity contribution >= 4 is 87.0 Å². The standard InChI is InChI=1S/Bi.Ca.Mg.Zn.7H/q;2*+2;;;;;4*-1. The number of rotatable bonds is 0. The van der Waals surface area contributed by atoms with Gasteiger partial charge in [0.05, 0.1) is 0 Å². The van der Waals surface area contributed by atoms with Crippen LogP contribution in [0.15, 0.2) is 0 Å². The van der Waals surface area contributed by atoms with E-state index in [-0.39, 0.29) is 112 Å². The van der Waals surface area contributed by atoms with Crippen molar-refractivity contribution in [2.75, 3.05) is 0 Å². The second-order valence-corrected chi connectivity index (χ2v) is 0. The molecule has 18 valence electrons. The summed E-state index contributed by atoms with van der Waals surface area (Å²) in [6.45, 7) is 0. The zero-order valence-corrected chi connectivity index (χ0v) is 14.9. The van der Waals surface area contributed by atoms with E-state index >= 15 is 0 Å². The molecule has 0 heterocycles. The Morgan fingerprint density at radius 3 is 1.25 bits per heavy atom. The van der Waals surface area contributed by atoms with Crippen LogP contribution < -0.4 is 0 Å². The van der Waals surface area contributed by atoms with Crippen LogP contribution >= 0.6 is 0 Å². The van der Waals surface area contributed by atoms with Crippen molar-refractivity contribution in [1.82, 2.24) is 0 Å². The molecule has 0 aromatic heterocycles. The zero-order chi connectivity index (χ0) is 0. The van der Waals surface area contributed by atoms with Crippen LogP contribution in [-0.2, 0) is 19.5 Å². The van der Waals surface area contributed by atoms with Gasteiger partial charge in [0.2, 0.25) is 0 Å². The minimum absolute atomic E-state index is 0. The van der Waals surface area contributed by atoms with Gasteiger partial charge in [0.25, 0.3) is 0 Å². The molecule has 0 aliphatic heterocycles. The molecule has 0 atom stereocenters. The van der Waals surface area contributed by atoms with Crippen LogP contribution in [0.4, 0.5) is 0 Å². The Hall–Kier alpha value is 3.53. The smallest absolute Gasteiger partial charge is 1.00 e. The van der Waals surface area contributed by atoms with Gasteiger partial charge in [-0.05, 0) is 0 Å². The van der Waals surface area contributed by atoms with Gasteiger partial charge >= 0.3 is 87.0 Å². The second-order valence-electron chi connectivity index (χ2n) is 0. The van der Waals surface area contributed by atoms with Crippen LogP contribution in [0.3, 0.4) is 0 Å². The summed E-state index contributed by atoms with van der Waals surface area (Å²) in [7, 11) is 0. The first-order chi connectivity index (χ1) is 0. The van der Waals surface area contributed by atoms with Crippen LogP contribution in [0.25, 0.3) is 0 Å². The normalized spacial score (nSPS) is 0. The topological polar surface area (TPSA) is 0 Å². The Labute approximate surface area is 110 Å². The van der Waals surface area contributed by atoms with E-state index in [0.717, 1.165) is 0 Å². The first kappa shape index (κ1) is 25.8. The maximum absolute atomic E-state index is 0. The van der Waals surface area contributed by atoms with E-state index in [1.54, 1.807) is 0 Å². The van der Waals surface area contributed by atoms with Gasteiger partial charge in [-0.2, -0.15) is 0 Å². The van der Waals surface area contributed by atoms with Gasteiger partial charge < -0.3 is 5.71 Å². The molecule has 0 spiro atoms. The molecule has 4 heavy (non-hydrogen) atoms. The summed E-state index contributed by atoms with van der Waals surface area (Å²) in [5, 5.41) is 0. The summed E-state index contributed by atoms with van der Waals surface area (Å²) in [6, 6.07) is 0. The van der Waals surface area contributed by atoms with E-state index in [9.17, 15) is 0 Å². The molecule has 0 bridgehead atoms. The van der Waals surface area contributed by atoms with Crippen LogP contribution in [-0.4, -0.2) is 87.0 Å². The molecule has 0 aliphatic rings. The second kappa shape index (κ2) is 16.0. The molecule has 0 N–H and O–H groups in total. The fourth-order valence-corrected chi connectivity index (χ4v) is 0. The summed E-state index contributed by atoms with van der Waals surface area (Å²) in [5.41, 5.74) is 0. The molecule has 0 aromatic carbocycles. The van der Waals surface area contributed by atoms with E-state index in [2.05, 4.69) is 0 Å². The Kier molecular flexibility index (Phi) is 103. The van der Waals surface area contributed by atoms with Gasteiger partial charge in [-0.1, -0.05) is 0 Å². The SMILES string of the molecule is [BiH3].[Ca+2].[H-].[H-].[H-].[H-].[Mg+2].[Zn]. The zero-order valence-electron chi connectivity index (χ0n) is 6.83. The van der Waals surface area contributed by atoms with Crippen LogP contribution in [0.1, 0.15) is 5.71 Å². The number of hydrogen-bond donors (Lipinski definition) is 0. The summed E-state index contributed by atoms with van der Waals surface area (Å²) in [5.74, 6) is 0. The summed E-state index contributed by atoms with van der Waals surface area (Å²) >= 11 is 0. The average molecular weight is 346 g/mol. The Bertz CT molecular complexity index is 16.0. The van der Waals surface area contributed by atoms with Crippen molar-refractivity contribution in [3.05, 3.63) is 0 Å². The van der Waals surface area contributed by atoms with E-state index in [1.165, 1.54) is 0 Å². The van der Waals surface area contributed by atoms with Gasteiger partial charge in [0.15, 0.2) is 0 Å². The third-order valence-electron chi connectivity index (χ3n) is 0. The first-order valence-corrected chi connectivity index (χ1v) is 0. The minimum atomic E-state index is 0. The molecule has 0 aromatic rings. The van der Waals surface area contributed by atoms with Gasteiger partial charge in [0, 0.05) is 19.5 Å². The van der Waals surface area contributed by atoms with Crippen LogP contribution in [0.5, 0.6) is 0 Å².